The molecule has 0 amide bonds. The SMILES string of the molecule is ONCc1ccc(C(F)(F)F)c(F)c1. The molecular formula is C8H7F4NO. The molecule has 14 heavy (non-hydrogen) atoms. The summed E-state index contributed by atoms with van der Waals surface area (Å²) in [5.41, 5.74) is 0.649. The number of halogens is 4. The van der Waals surface area contributed by atoms with Crippen molar-refractivity contribution in [3.8, 4) is 0 Å². The van der Waals surface area contributed by atoms with Gasteiger partial charge in [0.05, 0.1) is 5.56 Å². The third kappa shape index (κ3) is 2.43. The molecule has 0 aliphatic rings. The van der Waals surface area contributed by atoms with E-state index in [0.717, 1.165) is 12.1 Å². The zero-order valence-electron chi connectivity index (χ0n) is 6.90. The van der Waals surface area contributed by atoms with E-state index in [9.17, 15) is 17.6 Å². The van der Waals surface area contributed by atoms with E-state index in [1.807, 2.05) is 0 Å². The molecule has 6 heteroatoms. The van der Waals surface area contributed by atoms with Crippen LogP contribution in [-0.2, 0) is 12.7 Å². The van der Waals surface area contributed by atoms with Crippen LogP contribution < -0.4 is 5.48 Å². The van der Waals surface area contributed by atoms with Gasteiger partial charge in [-0.25, -0.2) is 9.87 Å². The number of rotatable bonds is 2. The third-order valence-electron chi connectivity index (χ3n) is 1.62. The van der Waals surface area contributed by atoms with Crippen LogP contribution in [0.3, 0.4) is 0 Å². The van der Waals surface area contributed by atoms with Crippen LogP contribution in [0.2, 0.25) is 0 Å². The normalized spacial score (nSPS) is 11.8. The number of hydrogen-bond donors (Lipinski definition) is 2. The molecule has 1 aromatic rings. The van der Waals surface area contributed by atoms with Crippen LogP contribution in [0.1, 0.15) is 11.1 Å². The summed E-state index contributed by atoms with van der Waals surface area (Å²) in [4.78, 5) is 0. The second-order valence-electron chi connectivity index (χ2n) is 2.65. The van der Waals surface area contributed by atoms with Crippen molar-refractivity contribution in [2.24, 2.45) is 0 Å². The molecule has 0 radical (unpaired) electrons. The summed E-state index contributed by atoms with van der Waals surface area (Å²) in [6.45, 7) is -0.102. The molecule has 1 rings (SSSR count). The summed E-state index contributed by atoms with van der Waals surface area (Å²) >= 11 is 0. The van der Waals surface area contributed by atoms with Gasteiger partial charge in [0.15, 0.2) is 0 Å². The van der Waals surface area contributed by atoms with Crippen LogP contribution in [0.15, 0.2) is 18.2 Å². The van der Waals surface area contributed by atoms with Gasteiger partial charge in [-0.3, -0.25) is 0 Å². The largest absolute Gasteiger partial charge is 0.419 e. The van der Waals surface area contributed by atoms with E-state index < -0.39 is 17.6 Å². The van der Waals surface area contributed by atoms with Gasteiger partial charge in [0.2, 0.25) is 0 Å². The zero-order valence-corrected chi connectivity index (χ0v) is 6.90. The standard InChI is InChI=1S/C8H7F4NO/c9-7-3-5(4-13-14)1-2-6(7)8(10,11)12/h1-3,13-14H,4H2. The lowest BCUT2D eigenvalue weighted by molar-refractivity contribution is -0.140. The Morgan fingerprint density at radius 3 is 2.36 bits per heavy atom. The Morgan fingerprint density at radius 1 is 1.29 bits per heavy atom. The Bertz CT molecular complexity index is 324. The first-order valence-corrected chi connectivity index (χ1v) is 3.67. The number of hydrogen-bond acceptors (Lipinski definition) is 2. The van der Waals surface area contributed by atoms with Crippen molar-refractivity contribution in [3.05, 3.63) is 35.1 Å². The molecule has 0 fully saturated rings. The van der Waals surface area contributed by atoms with E-state index in [4.69, 9.17) is 5.21 Å². The predicted molar refractivity (Wildman–Crippen MR) is 40.0 cm³/mol. The zero-order chi connectivity index (χ0) is 10.8. The number of benzene rings is 1. The van der Waals surface area contributed by atoms with E-state index in [-0.39, 0.29) is 12.1 Å². The van der Waals surface area contributed by atoms with Crippen LogP contribution in [0, 0.1) is 5.82 Å². The average Bonchev–Trinajstić information content (AvgIpc) is 2.02. The monoisotopic (exact) mass is 209 g/mol. The van der Waals surface area contributed by atoms with Crippen LogP contribution in [0.4, 0.5) is 17.6 Å². The first-order chi connectivity index (χ1) is 6.45. The molecule has 1 aromatic carbocycles. The molecule has 0 spiro atoms. The van der Waals surface area contributed by atoms with Crippen LogP contribution in [-0.4, -0.2) is 5.21 Å². The van der Waals surface area contributed by atoms with Crippen LogP contribution in [0.5, 0.6) is 0 Å². The topological polar surface area (TPSA) is 32.3 Å². The lowest BCUT2D eigenvalue weighted by atomic mass is 10.1. The molecule has 0 heterocycles. The van der Waals surface area contributed by atoms with Gasteiger partial charge in [-0.1, -0.05) is 6.07 Å². The average molecular weight is 209 g/mol. The van der Waals surface area contributed by atoms with Crippen molar-refractivity contribution in [3.63, 3.8) is 0 Å². The summed E-state index contributed by atoms with van der Waals surface area (Å²) in [5, 5.41) is 8.25. The molecule has 0 bridgehead atoms. The number of nitrogens with one attached hydrogen (secondary N) is 1. The van der Waals surface area contributed by atoms with Gasteiger partial charge in [0, 0.05) is 6.54 Å². The maximum atomic E-state index is 12.8. The molecule has 0 saturated heterocycles. The molecule has 0 atom stereocenters. The van der Waals surface area contributed by atoms with Crippen molar-refractivity contribution in [2.45, 2.75) is 12.7 Å². The second kappa shape index (κ2) is 3.93. The Balaban J connectivity index is 3.02. The van der Waals surface area contributed by atoms with Gasteiger partial charge in [-0.2, -0.15) is 13.2 Å². The fourth-order valence-electron chi connectivity index (χ4n) is 0.990. The quantitative estimate of drug-likeness (QED) is 0.578. The van der Waals surface area contributed by atoms with E-state index in [2.05, 4.69) is 0 Å². The molecule has 0 aliphatic heterocycles. The third-order valence-corrected chi connectivity index (χ3v) is 1.62. The summed E-state index contributed by atoms with van der Waals surface area (Å²) in [5.74, 6) is -1.34. The maximum absolute atomic E-state index is 12.8. The van der Waals surface area contributed by atoms with Gasteiger partial charge in [0.25, 0.3) is 0 Å². The van der Waals surface area contributed by atoms with Gasteiger partial charge in [0.1, 0.15) is 5.82 Å². The molecule has 78 valence electrons. The first kappa shape index (κ1) is 10.9. The lowest BCUT2D eigenvalue weighted by Gasteiger charge is -2.08. The molecule has 0 aliphatic carbocycles. The number of hydroxylamine groups is 1. The summed E-state index contributed by atoms with van der Waals surface area (Å²) in [7, 11) is 0. The lowest BCUT2D eigenvalue weighted by Crippen LogP contribution is -2.10. The Hall–Kier alpha value is -1.14. The van der Waals surface area contributed by atoms with Gasteiger partial charge < -0.3 is 5.21 Å². The summed E-state index contributed by atoms with van der Waals surface area (Å²) < 4.78 is 49.0. The molecule has 2 nitrogen and oxygen atoms in total. The summed E-state index contributed by atoms with van der Waals surface area (Å²) in [6.07, 6.45) is -4.69. The molecular weight excluding hydrogens is 202 g/mol. The highest BCUT2D eigenvalue weighted by Gasteiger charge is 2.33. The van der Waals surface area contributed by atoms with Crippen LogP contribution >= 0.6 is 0 Å². The minimum Gasteiger partial charge on any atom is -0.316 e. The van der Waals surface area contributed by atoms with Gasteiger partial charge in [-0.05, 0) is 17.7 Å². The van der Waals surface area contributed by atoms with E-state index in [0.29, 0.717) is 6.07 Å². The number of alkyl halides is 3. The first-order valence-electron chi connectivity index (χ1n) is 3.67. The smallest absolute Gasteiger partial charge is 0.316 e. The highest BCUT2D eigenvalue weighted by Crippen LogP contribution is 2.31. The summed E-state index contributed by atoms with van der Waals surface area (Å²) in [6, 6.07) is 2.46. The van der Waals surface area contributed by atoms with Crippen molar-refractivity contribution in [1.29, 1.82) is 0 Å². The molecule has 2 N–H and O–H groups in total. The predicted octanol–water partition coefficient (Wildman–Crippen LogP) is 2.32. The van der Waals surface area contributed by atoms with Crippen molar-refractivity contribution < 1.29 is 22.8 Å². The van der Waals surface area contributed by atoms with E-state index in [1.165, 1.54) is 0 Å². The van der Waals surface area contributed by atoms with Gasteiger partial charge >= 0.3 is 6.18 Å². The Morgan fingerprint density at radius 2 is 1.93 bits per heavy atom. The van der Waals surface area contributed by atoms with Crippen molar-refractivity contribution in [2.75, 3.05) is 0 Å². The molecule has 0 unspecified atom stereocenters. The van der Waals surface area contributed by atoms with Gasteiger partial charge in [-0.15, -0.1) is 0 Å². The molecule has 0 saturated carbocycles. The fourth-order valence-corrected chi connectivity index (χ4v) is 0.990. The van der Waals surface area contributed by atoms with E-state index >= 15 is 0 Å². The minimum atomic E-state index is -4.69. The second-order valence-corrected chi connectivity index (χ2v) is 2.65. The fraction of sp³-hybridized carbons (Fsp3) is 0.250. The van der Waals surface area contributed by atoms with Crippen molar-refractivity contribution in [1.82, 2.24) is 5.48 Å². The molecule has 0 aromatic heterocycles. The minimum absolute atomic E-state index is 0.102. The Kier molecular flexibility index (Phi) is 3.07. The highest BCUT2D eigenvalue weighted by atomic mass is 19.4. The highest BCUT2D eigenvalue weighted by molar-refractivity contribution is 5.26. The Labute approximate surface area is 77.1 Å². The maximum Gasteiger partial charge on any atom is 0.419 e. The van der Waals surface area contributed by atoms with Crippen molar-refractivity contribution >= 4 is 0 Å². The van der Waals surface area contributed by atoms with E-state index in [1.54, 1.807) is 5.48 Å². The van der Waals surface area contributed by atoms with Crippen LogP contribution in [0.25, 0.3) is 0 Å².